The first kappa shape index (κ1) is 8.39. The second-order valence-corrected chi connectivity index (χ2v) is 1.57. The Morgan fingerprint density at radius 2 is 2.33 bits per heavy atom. The molecule has 9 heavy (non-hydrogen) atoms. The Morgan fingerprint density at radius 1 is 1.78 bits per heavy atom. The number of rotatable bonds is 3. The van der Waals surface area contributed by atoms with Crippen molar-refractivity contribution < 1.29 is 14.4 Å². The molecule has 2 N–H and O–H groups in total. The number of ether oxygens (including phenoxy) is 1. The second kappa shape index (κ2) is 4.29. The predicted molar refractivity (Wildman–Crippen MR) is 31.4 cm³/mol. The van der Waals surface area contributed by atoms with Crippen molar-refractivity contribution in [1.82, 2.24) is 0 Å². The molecule has 1 unspecified atom stereocenters. The van der Waals surface area contributed by atoms with E-state index in [0.717, 1.165) is 0 Å². The fourth-order valence-electron chi connectivity index (χ4n) is 0.505. The normalized spacial score (nSPS) is 12.8. The minimum absolute atomic E-state index is 0.519. The van der Waals surface area contributed by atoms with Crippen LogP contribution < -0.4 is 5.90 Å². The van der Waals surface area contributed by atoms with E-state index in [2.05, 4.69) is 10.7 Å². The van der Waals surface area contributed by atoms with Gasteiger partial charge >= 0.3 is 5.97 Å². The zero-order chi connectivity index (χ0) is 7.28. The van der Waals surface area contributed by atoms with Crippen molar-refractivity contribution in [3.05, 3.63) is 0 Å². The number of hydrogen-bond donors (Lipinski definition) is 1. The summed E-state index contributed by atoms with van der Waals surface area (Å²) in [6, 6.07) is 0. The van der Waals surface area contributed by atoms with Crippen LogP contribution in [0.4, 0.5) is 0 Å². The zero-order valence-electron chi connectivity index (χ0n) is 5.59. The molecular weight excluding hydrogens is 122 g/mol. The van der Waals surface area contributed by atoms with E-state index in [1.807, 2.05) is 6.92 Å². The molecule has 0 aromatic rings. The van der Waals surface area contributed by atoms with Crippen LogP contribution in [-0.2, 0) is 14.4 Å². The average molecular weight is 133 g/mol. The van der Waals surface area contributed by atoms with Gasteiger partial charge < -0.3 is 9.57 Å². The Labute approximate surface area is 53.9 Å². The van der Waals surface area contributed by atoms with Gasteiger partial charge in [-0.2, -0.15) is 5.90 Å². The molecule has 54 valence electrons. The summed E-state index contributed by atoms with van der Waals surface area (Å²) in [5, 5.41) is 0. The molecule has 4 heteroatoms. The van der Waals surface area contributed by atoms with Crippen LogP contribution in [0.1, 0.15) is 13.3 Å². The molecule has 0 amide bonds. The van der Waals surface area contributed by atoms with Crippen LogP contribution in [-0.4, -0.2) is 19.2 Å². The molecule has 1 atom stereocenters. The molecule has 0 saturated carbocycles. The van der Waals surface area contributed by atoms with Crippen molar-refractivity contribution in [3.8, 4) is 0 Å². The number of carbonyl (C=O) groups excluding carboxylic acids is 1. The predicted octanol–water partition coefficient (Wildman–Crippen LogP) is -0.172. The minimum atomic E-state index is -0.528. The third-order valence-electron chi connectivity index (χ3n) is 1.03. The van der Waals surface area contributed by atoms with Crippen LogP contribution in [0.3, 0.4) is 0 Å². The average Bonchev–Trinajstić information content (AvgIpc) is 1.90. The van der Waals surface area contributed by atoms with Crippen molar-refractivity contribution in [2.75, 3.05) is 7.11 Å². The Balaban J connectivity index is 3.64. The Kier molecular flexibility index (Phi) is 4.00. The maximum Gasteiger partial charge on any atom is 0.353 e. The number of methoxy groups -OCH3 is 1. The maximum atomic E-state index is 10.5. The highest BCUT2D eigenvalue weighted by molar-refractivity contribution is 5.74. The molecule has 0 bridgehead atoms. The van der Waals surface area contributed by atoms with Gasteiger partial charge in [-0.3, -0.25) is 0 Å². The monoisotopic (exact) mass is 133 g/mol. The molecule has 0 radical (unpaired) electrons. The number of nitrogens with two attached hydrogens (primary N) is 1. The van der Waals surface area contributed by atoms with Gasteiger partial charge in [0.1, 0.15) is 0 Å². The quantitative estimate of drug-likeness (QED) is 0.543. The van der Waals surface area contributed by atoms with E-state index in [0.29, 0.717) is 6.42 Å². The lowest BCUT2D eigenvalue weighted by molar-refractivity contribution is -0.156. The number of carbonyl (C=O) groups is 1. The highest BCUT2D eigenvalue weighted by atomic mass is 16.7. The summed E-state index contributed by atoms with van der Waals surface area (Å²) in [7, 11) is 1.44. The van der Waals surface area contributed by atoms with Crippen molar-refractivity contribution >= 4 is 5.97 Å². The first-order chi connectivity index (χ1) is 4.26. The number of hydrogen-bond acceptors (Lipinski definition) is 4. The summed E-state index contributed by atoms with van der Waals surface area (Å²) in [6.45, 7) is 1.81. The smallest absolute Gasteiger partial charge is 0.353 e. The summed E-state index contributed by atoms with van der Waals surface area (Å²) >= 11 is 0. The molecule has 0 rings (SSSR count). The van der Waals surface area contributed by atoms with Gasteiger partial charge in [-0.15, -0.1) is 0 Å². The minimum Gasteiger partial charge on any atom is -0.371 e. The van der Waals surface area contributed by atoms with E-state index < -0.39 is 12.1 Å². The van der Waals surface area contributed by atoms with Gasteiger partial charge in [0.2, 0.25) is 0 Å². The van der Waals surface area contributed by atoms with E-state index in [1.165, 1.54) is 7.11 Å². The zero-order valence-corrected chi connectivity index (χ0v) is 5.59. The van der Waals surface area contributed by atoms with E-state index in [9.17, 15) is 4.79 Å². The Morgan fingerprint density at radius 3 is 2.44 bits per heavy atom. The fraction of sp³-hybridized carbons (Fsp3) is 0.800. The van der Waals surface area contributed by atoms with Gasteiger partial charge in [-0.1, -0.05) is 6.92 Å². The Bertz CT molecular complexity index is 90.2. The molecule has 0 aromatic carbocycles. The van der Waals surface area contributed by atoms with Gasteiger partial charge in [-0.05, 0) is 6.42 Å². The molecular formula is C5H11NO3. The molecule has 4 nitrogen and oxygen atoms in total. The lowest BCUT2D eigenvalue weighted by atomic mass is 10.3. The van der Waals surface area contributed by atoms with Crippen LogP contribution in [0.15, 0.2) is 0 Å². The van der Waals surface area contributed by atoms with Gasteiger partial charge in [-0.25, -0.2) is 4.79 Å². The van der Waals surface area contributed by atoms with E-state index >= 15 is 0 Å². The van der Waals surface area contributed by atoms with Crippen molar-refractivity contribution in [2.45, 2.75) is 19.4 Å². The largest absolute Gasteiger partial charge is 0.371 e. The summed E-state index contributed by atoms with van der Waals surface area (Å²) in [4.78, 5) is 14.4. The van der Waals surface area contributed by atoms with Gasteiger partial charge in [0.15, 0.2) is 6.10 Å². The molecule has 0 saturated heterocycles. The fourth-order valence-corrected chi connectivity index (χ4v) is 0.505. The topological polar surface area (TPSA) is 61.5 Å². The highest BCUT2D eigenvalue weighted by Crippen LogP contribution is 1.96. The van der Waals surface area contributed by atoms with Gasteiger partial charge in [0.25, 0.3) is 0 Å². The molecule has 0 fully saturated rings. The first-order valence-electron chi connectivity index (χ1n) is 2.69. The molecule has 0 spiro atoms. The Hall–Kier alpha value is -0.610. The summed E-state index contributed by atoms with van der Waals surface area (Å²) < 4.78 is 4.70. The standard InChI is InChI=1S/C5H11NO3/c1-3-4(8-2)5(7)9-6/h4H,3,6H2,1-2H3. The van der Waals surface area contributed by atoms with Crippen LogP contribution in [0.5, 0.6) is 0 Å². The van der Waals surface area contributed by atoms with Gasteiger partial charge in [0.05, 0.1) is 0 Å². The van der Waals surface area contributed by atoms with Crippen LogP contribution in [0.2, 0.25) is 0 Å². The van der Waals surface area contributed by atoms with Crippen molar-refractivity contribution in [3.63, 3.8) is 0 Å². The lowest BCUT2D eigenvalue weighted by Gasteiger charge is -2.07. The highest BCUT2D eigenvalue weighted by Gasteiger charge is 2.15. The van der Waals surface area contributed by atoms with Crippen LogP contribution in [0, 0.1) is 0 Å². The molecule has 0 aromatic heterocycles. The second-order valence-electron chi connectivity index (χ2n) is 1.57. The molecule has 0 aliphatic carbocycles. The van der Waals surface area contributed by atoms with E-state index in [-0.39, 0.29) is 0 Å². The van der Waals surface area contributed by atoms with E-state index in [1.54, 1.807) is 0 Å². The summed E-state index contributed by atoms with van der Waals surface area (Å²) in [5.74, 6) is 4.07. The van der Waals surface area contributed by atoms with E-state index in [4.69, 9.17) is 4.74 Å². The third kappa shape index (κ3) is 2.43. The summed E-state index contributed by atoms with van der Waals surface area (Å²) in [5.41, 5.74) is 0. The van der Waals surface area contributed by atoms with Crippen molar-refractivity contribution in [1.29, 1.82) is 0 Å². The van der Waals surface area contributed by atoms with Crippen molar-refractivity contribution in [2.24, 2.45) is 5.90 Å². The SMILES string of the molecule is CCC(OC)C(=O)ON. The maximum absolute atomic E-state index is 10.5. The summed E-state index contributed by atoms with van der Waals surface area (Å²) in [6.07, 6.45) is 0.0574. The van der Waals surface area contributed by atoms with Crippen LogP contribution in [0.25, 0.3) is 0 Å². The first-order valence-corrected chi connectivity index (χ1v) is 2.69. The van der Waals surface area contributed by atoms with Gasteiger partial charge in [0, 0.05) is 7.11 Å². The lowest BCUT2D eigenvalue weighted by Crippen LogP contribution is -2.26. The molecule has 0 aliphatic rings. The van der Waals surface area contributed by atoms with Crippen LogP contribution >= 0.6 is 0 Å². The third-order valence-corrected chi connectivity index (χ3v) is 1.03. The molecule has 0 aliphatic heterocycles. The molecule has 0 heterocycles.